The predicted octanol–water partition coefficient (Wildman–Crippen LogP) is 4.08. The summed E-state index contributed by atoms with van der Waals surface area (Å²) >= 11 is 3.36. The molecule has 26 heavy (non-hydrogen) atoms. The number of nitrogens with zero attached hydrogens (tertiary/aromatic N) is 1. The van der Waals surface area contributed by atoms with Crippen LogP contribution in [0.25, 0.3) is 0 Å². The summed E-state index contributed by atoms with van der Waals surface area (Å²) in [5.41, 5.74) is 3.24. The fourth-order valence-electron chi connectivity index (χ4n) is 4.39. The molecule has 1 fully saturated rings. The summed E-state index contributed by atoms with van der Waals surface area (Å²) in [6.07, 6.45) is 4.22. The maximum Gasteiger partial charge on any atom is 0.172 e. The van der Waals surface area contributed by atoms with Crippen LogP contribution in [-0.4, -0.2) is 29.5 Å². The van der Waals surface area contributed by atoms with Crippen LogP contribution in [0.3, 0.4) is 0 Å². The van der Waals surface area contributed by atoms with Crippen molar-refractivity contribution < 1.29 is 19.4 Å². The molecule has 1 aromatic carbocycles. The molecule has 0 spiro atoms. The number of ether oxygens (including phenoxy) is 1. The van der Waals surface area contributed by atoms with E-state index in [-0.39, 0.29) is 29.2 Å². The van der Waals surface area contributed by atoms with E-state index in [4.69, 9.17) is 9.73 Å². The molecule has 136 valence electrons. The number of carbonyl (C=O) groups is 2. The number of aliphatic imine (C=N–C) groups is 1. The zero-order chi connectivity index (χ0) is 18.4. The number of phenolic OH excluding ortho intramolecular Hbond substituents is 1. The summed E-state index contributed by atoms with van der Waals surface area (Å²) in [7, 11) is 1.49. The van der Waals surface area contributed by atoms with Crippen molar-refractivity contribution in [3.05, 3.63) is 33.4 Å². The first kappa shape index (κ1) is 17.5. The van der Waals surface area contributed by atoms with Crippen molar-refractivity contribution in [2.75, 3.05) is 7.11 Å². The third kappa shape index (κ3) is 2.71. The summed E-state index contributed by atoms with van der Waals surface area (Å²) in [4.78, 5) is 30.3. The lowest BCUT2D eigenvalue weighted by molar-refractivity contribution is -0.122. The number of phenols is 1. The maximum atomic E-state index is 12.8. The van der Waals surface area contributed by atoms with E-state index in [2.05, 4.69) is 15.9 Å². The van der Waals surface area contributed by atoms with Crippen molar-refractivity contribution in [1.29, 1.82) is 0 Å². The van der Waals surface area contributed by atoms with Crippen LogP contribution in [-0.2, 0) is 9.59 Å². The van der Waals surface area contributed by atoms with E-state index in [9.17, 15) is 14.7 Å². The summed E-state index contributed by atoms with van der Waals surface area (Å²) < 4.78 is 5.78. The van der Waals surface area contributed by atoms with E-state index in [0.29, 0.717) is 28.6 Å². The average Bonchev–Trinajstić information content (AvgIpc) is 2.63. The van der Waals surface area contributed by atoms with Crippen molar-refractivity contribution in [2.24, 2.45) is 10.9 Å². The van der Waals surface area contributed by atoms with Crippen LogP contribution in [0.5, 0.6) is 11.5 Å². The zero-order valence-electron chi connectivity index (χ0n) is 14.5. The van der Waals surface area contributed by atoms with Gasteiger partial charge < -0.3 is 9.84 Å². The number of hydrogen-bond donors (Lipinski definition) is 1. The predicted molar refractivity (Wildman–Crippen MR) is 101 cm³/mol. The molecule has 2 aliphatic carbocycles. The molecule has 0 aromatic heterocycles. The molecule has 0 unspecified atom stereocenters. The number of aromatic hydroxyl groups is 1. The lowest BCUT2D eigenvalue weighted by Gasteiger charge is -2.38. The van der Waals surface area contributed by atoms with E-state index >= 15 is 0 Å². The third-order valence-corrected chi connectivity index (χ3v) is 6.15. The normalized spacial score (nSPS) is 25.5. The number of carbonyl (C=O) groups excluding carboxylic acids is 2. The monoisotopic (exact) mass is 417 g/mol. The number of hydrogen-bond acceptors (Lipinski definition) is 5. The Kier molecular flexibility index (Phi) is 4.47. The van der Waals surface area contributed by atoms with Crippen molar-refractivity contribution in [3.8, 4) is 11.5 Å². The first-order valence-electron chi connectivity index (χ1n) is 8.94. The number of rotatable bonds is 2. The second-order valence-electron chi connectivity index (χ2n) is 7.07. The Hall–Kier alpha value is -1.95. The van der Waals surface area contributed by atoms with Gasteiger partial charge in [-0.1, -0.05) is 0 Å². The topological polar surface area (TPSA) is 76.0 Å². The van der Waals surface area contributed by atoms with Crippen LogP contribution in [0.15, 0.2) is 32.9 Å². The lowest BCUT2D eigenvalue weighted by Crippen LogP contribution is -2.39. The molecule has 1 N–H and O–H groups in total. The Balaban J connectivity index is 1.93. The molecule has 0 radical (unpaired) electrons. The van der Waals surface area contributed by atoms with Crippen LogP contribution in [0.2, 0.25) is 0 Å². The van der Waals surface area contributed by atoms with Crippen molar-refractivity contribution in [2.45, 2.75) is 44.4 Å². The highest BCUT2D eigenvalue weighted by Crippen LogP contribution is 2.48. The van der Waals surface area contributed by atoms with Crippen LogP contribution in [0, 0.1) is 5.92 Å². The summed E-state index contributed by atoms with van der Waals surface area (Å²) in [6, 6.07) is 3.53. The molecule has 4 rings (SSSR count). The van der Waals surface area contributed by atoms with Gasteiger partial charge in [-0.2, -0.15) is 0 Å². The van der Waals surface area contributed by atoms with Gasteiger partial charge in [0.05, 0.1) is 17.5 Å². The van der Waals surface area contributed by atoms with Gasteiger partial charge in [0, 0.05) is 35.7 Å². The lowest BCUT2D eigenvalue weighted by atomic mass is 9.67. The molecule has 2 atom stereocenters. The molecular weight excluding hydrogens is 398 g/mol. The number of benzene rings is 1. The molecule has 0 amide bonds. The van der Waals surface area contributed by atoms with E-state index in [1.54, 1.807) is 12.1 Å². The number of Topliss-reactive ketones (excluding diaryl/α,β-unsaturated/α-hetero) is 2. The van der Waals surface area contributed by atoms with Gasteiger partial charge in [0.15, 0.2) is 17.3 Å². The average molecular weight is 418 g/mol. The standard InChI is InChI=1S/C20H20BrNO4/c1-26-16-9-10(8-11(21)20(16)25)17-18-12(4-2-6-14(18)23)22-13-5-3-7-15(24)19(13)17/h8-9,17-18,25H,2-7H2,1H3/t17-,18+/m0/s1. The van der Waals surface area contributed by atoms with Gasteiger partial charge in [0.1, 0.15) is 5.78 Å². The summed E-state index contributed by atoms with van der Waals surface area (Å²) in [5.74, 6) is -0.157. The number of allylic oxidation sites excluding steroid dienone is 2. The van der Waals surface area contributed by atoms with Gasteiger partial charge in [-0.25, -0.2) is 0 Å². The van der Waals surface area contributed by atoms with Crippen molar-refractivity contribution >= 4 is 33.2 Å². The van der Waals surface area contributed by atoms with Crippen LogP contribution in [0.1, 0.15) is 50.0 Å². The number of methoxy groups -OCH3 is 1. The van der Waals surface area contributed by atoms with E-state index < -0.39 is 0 Å². The Morgan fingerprint density at radius 1 is 1.12 bits per heavy atom. The fourth-order valence-corrected chi connectivity index (χ4v) is 4.85. The maximum absolute atomic E-state index is 12.8. The Morgan fingerprint density at radius 2 is 1.88 bits per heavy atom. The highest BCUT2D eigenvalue weighted by Gasteiger charge is 2.44. The number of halogens is 1. The van der Waals surface area contributed by atoms with Crippen LogP contribution >= 0.6 is 15.9 Å². The molecule has 6 heteroatoms. The Morgan fingerprint density at radius 3 is 2.65 bits per heavy atom. The van der Waals surface area contributed by atoms with Gasteiger partial charge in [-0.05, 0) is 59.3 Å². The Labute approximate surface area is 160 Å². The molecule has 1 heterocycles. The molecule has 5 nitrogen and oxygen atoms in total. The van der Waals surface area contributed by atoms with Crippen molar-refractivity contribution in [1.82, 2.24) is 0 Å². The minimum Gasteiger partial charge on any atom is -0.503 e. The Bertz CT molecular complexity index is 871. The minimum absolute atomic E-state index is 0.0140. The SMILES string of the molecule is COc1cc([C@@H]2C3=C(CCCC3=O)N=C3CCCC(=O)[C@@H]32)cc(Br)c1O. The zero-order valence-corrected chi connectivity index (χ0v) is 16.1. The second-order valence-corrected chi connectivity index (χ2v) is 7.92. The van der Waals surface area contributed by atoms with Crippen molar-refractivity contribution in [3.63, 3.8) is 0 Å². The van der Waals surface area contributed by atoms with E-state index in [1.165, 1.54) is 7.11 Å². The fraction of sp³-hybridized carbons (Fsp3) is 0.450. The van der Waals surface area contributed by atoms with Gasteiger partial charge in [0.2, 0.25) is 0 Å². The van der Waals surface area contributed by atoms with E-state index in [1.807, 2.05) is 0 Å². The number of ketones is 2. The quantitative estimate of drug-likeness (QED) is 0.786. The molecular formula is C20H20BrNO4. The molecule has 3 aliphatic rings. The second kappa shape index (κ2) is 6.65. The first-order valence-corrected chi connectivity index (χ1v) is 9.73. The van der Waals surface area contributed by atoms with E-state index in [0.717, 1.165) is 42.7 Å². The van der Waals surface area contributed by atoms with Gasteiger partial charge >= 0.3 is 0 Å². The molecule has 0 saturated heterocycles. The highest BCUT2D eigenvalue weighted by atomic mass is 79.9. The minimum atomic E-state index is -0.384. The van der Waals surface area contributed by atoms with Gasteiger partial charge in [0.25, 0.3) is 0 Å². The number of fused-ring (bicyclic) bond motifs is 1. The highest BCUT2D eigenvalue weighted by molar-refractivity contribution is 9.10. The molecule has 1 aliphatic heterocycles. The summed E-state index contributed by atoms with van der Waals surface area (Å²) in [6.45, 7) is 0. The summed E-state index contributed by atoms with van der Waals surface area (Å²) in [5, 5.41) is 10.1. The van der Waals surface area contributed by atoms with Crippen LogP contribution < -0.4 is 4.74 Å². The molecule has 0 bridgehead atoms. The first-order chi connectivity index (χ1) is 12.5. The third-order valence-electron chi connectivity index (χ3n) is 5.54. The molecule has 1 aromatic rings. The van der Waals surface area contributed by atoms with Gasteiger partial charge in [-0.3, -0.25) is 14.6 Å². The molecule has 1 saturated carbocycles. The smallest absolute Gasteiger partial charge is 0.172 e. The van der Waals surface area contributed by atoms with Crippen LogP contribution in [0.4, 0.5) is 0 Å². The van der Waals surface area contributed by atoms with Gasteiger partial charge in [-0.15, -0.1) is 0 Å². The largest absolute Gasteiger partial charge is 0.503 e.